The Balaban J connectivity index is 2.06. The van der Waals surface area contributed by atoms with Gasteiger partial charge in [-0.15, -0.1) is 0 Å². The van der Waals surface area contributed by atoms with Gasteiger partial charge in [-0.05, 0) is 36.9 Å². The Morgan fingerprint density at radius 1 is 1.35 bits per heavy atom. The summed E-state index contributed by atoms with van der Waals surface area (Å²) in [6, 6.07) is 6.04. The lowest BCUT2D eigenvalue weighted by Crippen LogP contribution is -2.38. The van der Waals surface area contributed by atoms with E-state index in [9.17, 15) is 0 Å². The van der Waals surface area contributed by atoms with Crippen molar-refractivity contribution in [3.8, 4) is 0 Å². The van der Waals surface area contributed by atoms with Gasteiger partial charge < -0.3 is 5.73 Å². The fourth-order valence-corrected chi connectivity index (χ4v) is 2.97. The van der Waals surface area contributed by atoms with Crippen molar-refractivity contribution in [3.63, 3.8) is 0 Å². The first-order valence-corrected chi connectivity index (χ1v) is 7.12. The second-order valence-electron chi connectivity index (χ2n) is 5.29. The highest BCUT2D eigenvalue weighted by Crippen LogP contribution is 2.28. The van der Waals surface area contributed by atoms with E-state index in [1.165, 1.54) is 25.1 Å². The molecule has 0 spiro atoms. The van der Waals surface area contributed by atoms with Gasteiger partial charge in [-0.1, -0.05) is 35.8 Å². The molecular formula is C14H21BrN2. The van der Waals surface area contributed by atoms with Gasteiger partial charge in [-0.2, -0.15) is 0 Å². The van der Waals surface area contributed by atoms with Crippen LogP contribution in [0.3, 0.4) is 0 Å². The van der Waals surface area contributed by atoms with Crippen LogP contribution in [0, 0.1) is 11.8 Å². The van der Waals surface area contributed by atoms with Crippen molar-refractivity contribution in [2.75, 3.05) is 18.8 Å². The van der Waals surface area contributed by atoms with Crippen molar-refractivity contribution in [2.24, 2.45) is 11.8 Å². The molecule has 1 saturated heterocycles. The zero-order valence-electron chi connectivity index (χ0n) is 10.6. The minimum Gasteiger partial charge on any atom is -0.398 e. The van der Waals surface area contributed by atoms with Gasteiger partial charge in [0.15, 0.2) is 0 Å². The Morgan fingerprint density at radius 3 is 2.76 bits per heavy atom. The number of nitrogens with two attached hydrogens (primary N) is 1. The van der Waals surface area contributed by atoms with Crippen molar-refractivity contribution in [1.29, 1.82) is 0 Å². The van der Waals surface area contributed by atoms with E-state index >= 15 is 0 Å². The first-order chi connectivity index (χ1) is 8.08. The number of rotatable bonds is 2. The Kier molecular flexibility index (Phi) is 4.10. The fourth-order valence-electron chi connectivity index (χ4n) is 2.46. The molecule has 3 heteroatoms. The molecule has 2 atom stereocenters. The van der Waals surface area contributed by atoms with E-state index in [2.05, 4.69) is 40.7 Å². The summed E-state index contributed by atoms with van der Waals surface area (Å²) in [5.41, 5.74) is 8.17. The van der Waals surface area contributed by atoms with Crippen LogP contribution in [0.1, 0.15) is 25.8 Å². The van der Waals surface area contributed by atoms with Crippen molar-refractivity contribution < 1.29 is 0 Å². The third kappa shape index (κ3) is 3.02. The van der Waals surface area contributed by atoms with E-state index in [4.69, 9.17) is 5.73 Å². The Hall–Kier alpha value is -0.540. The summed E-state index contributed by atoms with van der Waals surface area (Å²) in [6.45, 7) is 8.04. The molecule has 2 N–H and O–H groups in total. The second kappa shape index (κ2) is 5.40. The number of likely N-dealkylation sites (tertiary alicyclic amines) is 1. The van der Waals surface area contributed by atoms with Crippen LogP contribution >= 0.6 is 15.9 Å². The molecule has 94 valence electrons. The zero-order chi connectivity index (χ0) is 12.4. The average molecular weight is 297 g/mol. The van der Waals surface area contributed by atoms with Crippen LogP contribution in [0.15, 0.2) is 22.7 Å². The van der Waals surface area contributed by atoms with Crippen LogP contribution in [0.2, 0.25) is 0 Å². The normalized spacial score (nSPS) is 26.1. The lowest BCUT2D eigenvalue weighted by atomic mass is 9.88. The van der Waals surface area contributed by atoms with Crippen molar-refractivity contribution in [2.45, 2.75) is 26.8 Å². The molecular weight excluding hydrogens is 276 g/mol. The molecule has 2 nitrogen and oxygen atoms in total. The summed E-state index contributed by atoms with van der Waals surface area (Å²) in [5, 5.41) is 0. The van der Waals surface area contributed by atoms with Crippen molar-refractivity contribution in [3.05, 3.63) is 28.2 Å². The van der Waals surface area contributed by atoms with Gasteiger partial charge in [0.25, 0.3) is 0 Å². The lowest BCUT2D eigenvalue weighted by Gasteiger charge is -2.35. The molecule has 2 unspecified atom stereocenters. The van der Waals surface area contributed by atoms with Gasteiger partial charge in [0.2, 0.25) is 0 Å². The van der Waals surface area contributed by atoms with E-state index < -0.39 is 0 Å². The molecule has 1 aliphatic rings. The summed E-state index contributed by atoms with van der Waals surface area (Å²) in [6.07, 6.45) is 1.30. The van der Waals surface area contributed by atoms with Crippen LogP contribution in [0.25, 0.3) is 0 Å². The van der Waals surface area contributed by atoms with Gasteiger partial charge in [0, 0.05) is 28.8 Å². The number of piperidine rings is 1. The lowest BCUT2D eigenvalue weighted by molar-refractivity contribution is 0.132. The first kappa shape index (κ1) is 12.9. The van der Waals surface area contributed by atoms with Crippen molar-refractivity contribution in [1.82, 2.24) is 4.90 Å². The highest BCUT2D eigenvalue weighted by molar-refractivity contribution is 9.10. The van der Waals surface area contributed by atoms with E-state index in [-0.39, 0.29) is 0 Å². The molecule has 0 amide bonds. The summed E-state index contributed by atoms with van der Waals surface area (Å²) >= 11 is 3.59. The molecule has 1 aromatic carbocycles. The number of anilines is 1. The minimum atomic E-state index is 0.785. The molecule has 0 aliphatic carbocycles. The first-order valence-electron chi connectivity index (χ1n) is 6.33. The Labute approximate surface area is 112 Å². The highest BCUT2D eigenvalue weighted by atomic mass is 79.9. The third-order valence-electron chi connectivity index (χ3n) is 3.96. The van der Waals surface area contributed by atoms with E-state index in [0.29, 0.717) is 0 Å². The summed E-state index contributed by atoms with van der Waals surface area (Å²) < 4.78 is 1.13. The second-order valence-corrected chi connectivity index (χ2v) is 6.14. The quantitative estimate of drug-likeness (QED) is 0.846. The highest BCUT2D eigenvalue weighted by Gasteiger charge is 2.23. The number of nitrogens with zero attached hydrogens (tertiary/aromatic N) is 1. The molecule has 0 aromatic heterocycles. The predicted octanol–water partition coefficient (Wildman–Crippen LogP) is 3.51. The molecule has 2 rings (SSSR count). The average Bonchev–Trinajstić information content (AvgIpc) is 2.28. The number of nitrogen functional groups attached to an aromatic ring is 1. The maximum Gasteiger partial charge on any atom is 0.0371 e. The van der Waals surface area contributed by atoms with Gasteiger partial charge in [-0.3, -0.25) is 4.90 Å². The van der Waals surface area contributed by atoms with Gasteiger partial charge in [0.05, 0.1) is 0 Å². The zero-order valence-corrected chi connectivity index (χ0v) is 12.2. The summed E-state index contributed by atoms with van der Waals surface area (Å²) in [4.78, 5) is 2.51. The Morgan fingerprint density at radius 2 is 2.12 bits per heavy atom. The van der Waals surface area contributed by atoms with Crippen LogP contribution in [0.5, 0.6) is 0 Å². The van der Waals surface area contributed by atoms with E-state index in [1.54, 1.807) is 0 Å². The summed E-state index contributed by atoms with van der Waals surface area (Å²) in [7, 11) is 0. The standard InChI is InChI=1S/C14H21BrN2/c1-10-6-7-17(8-11(10)2)9-12-13(15)4-3-5-14(12)16/h3-5,10-11H,6-9,16H2,1-2H3. The fraction of sp³-hybridized carbons (Fsp3) is 0.571. The largest absolute Gasteiger partial charge is 0.398 e. The van der Waals surface area contributed by atoms with Gasteiger partial charge >= 0.3 is 0 Å². The van der Waals surface area contributed by atoms with Gasteiger partial charge in [-0.25, -0.2) is 0 Å². The topological polar surface area (TPSA) is 29.3 Å². The smallest absolute Gasteiger partial charge is 0.0371 e. The molecule has 1 heterocycles. The van der Waals surface area contributed by atoms with Crippen LogP contribution in [-0.2, 0) is 6.54 Å². The monoisotopic (exact) mass is 296 g/mol. The van der Waals surface area contributed by atoms with Crippen molar-refractivity contribution >= 4 is 21.6 Å². The number of hydrogen-bond acceptors (Lipinski definition) is 2. The minimum absolute atomic E-state index is 0.785. The maximum absolute atomic E-state index is 6.04. The van der Waals surface area contributed by atoms with Crippen LogP contribution in [0.4, 0.5) is 5.69 Å². The number of halogens is 1. The van der Waals surface area contributed by atoms with E-state index in [0.717, 1.165) is 28.5 Å². The summed E-state index contributed by atoms with van der Waals surface area (Å²) in [5.74, 6) is 1.63. The molecule has 0 radical (unpaired) electrons. The van der Waals surface area contributed by atoms with Crippen LogP contribution in [-0.4, -0.2) is 18.0 Å². The van der Waals surface area contributed by atoms with Gasteiger partial charge in [0.1, 0.15) is 0 Å². The van der Waals surface area contributed by atoms with E-state index in [1.807, 2.05) is 12.1 Å². The molecule has 1 aromatic rings. The SMILES string of the molecule is CC1CCN(Cc2c(N)cccc2Br)CC1C. The predicted molar refractivity (Wildman–Crippen MR) is 76.8 cm³/mol. The molecule has 1 fully saturated rings. The number of benzene rings is 1. The molecule has 1 aliphatic heterocycles. The Bertz CT molecular complexity index is 372. The number of hydrogen-bond donors (Lipinski definition) is 1. The molecule has 0 saturated carbocycles. The molecule has 17 heavy (non-hydrogen) atoms. The third-order valence-corrected chi connectivity index (χ3v) is 4.70. The molecule has 0 bridgehead atoms. The van der Waals surface area contributed by atoms with Crippen LogP contribution < -0.4 is 5.73 Å². The maximum atomic E-state index is 6.04.